The number of para-hydroxylation sites is 1. The number of aromatic nitrogens is 1. The number of oxazole rings is 1. The van der Waals surface area contributed by atoms with Crippen LogP contribution < -0.4 is 10.5 Å². The van der Waals surface area contributed by atoms with Gasteiger partial charge in [-0.1, -0.05) is 18.2 Å². The van der Waals surface area contributed by atoms with Crippen LogP contribution in [-0.4, -0.2) is 4.98 Å². The number of nitrogens with two attached hydrogens (primary N) is 1. The fourth-order valence-corrected chi connectivity index (χ4v) is 1.93. The lowest BCUT2D eigenvalue weighted by Crippen LogP contribution is -1.95. The Balaban J connectivity index is 1.80. The average Bonchev–Trinajstić information content (AvgIpc) is 2.81. The maximum Gasteiger partial charge on any atom is 0.233 e. The number of ether oxygens (including phenoxy) is 1. The summed E-state index contributed by atoms with van der Waals surface area (Å²) in [7, 11) is 0. The quantitative estimate of drug-likeness (QED) is 0.728. The average molecular weight is 254 g/mol. The Kier molecular flexibility index (Phi) is 2.83. The highest BCUT2D eigenvalue weighted by Gasteiger charge is 2.08. The number of nitrogen functional groups attached to an aromatic ring is 1. The van der Waals surface area contributed by atoms with E-state index >= 15 is 0 Å². The Morgan fingerprint density at radius 2 is 2.05 bits per heavy atom. The summed E-state index contributed by atoms with van der Waals surface area (Å²) in [4.78, 5) is 4.33. The highest BCUT2D eigenvalue weighted by Crippen LogP contribution is 2.22. The number of fused-ring (bicyclic) bond motifs is 1. The summed E-state index contributed by atoms with van der Waals surface area (Å²) in [5, 5.41) is 0. The molecule has 3 aromatic rings. The molecule has 2 aromatic carbocycles. The van der Waals surface area contributed by atoms with Crippen LogP contribution in [0.3, 0.4) is 0 Å². The molecule has 2 N–H and O–H groups in total. The van der Waals surface area contributed by atoms with Crippen molar-refractivity contribution in [1.82, 2.24) is 4.98 Å². The van der Waals surface area contributed by atoms with E-state index in [0.29, 0.717) is 22.7 Å². The molecule has 4 nitrogen and oxygen atoms in total. The van der Waals surface area contributed by atoms with Gasteiger partial charge in [0.25, 0.3) is 0 Å². The van der Waals surface area contributed by atoms with Crippen LogP contribution in [0, 0.1) is 6.92 Å². The van der Waals surface area contributed by atoms with Crippen molar-refractivity contribution in [3.05, 3.63) is 53.9 Å². The van der Waals surface area contributed by atoms with Gasteiger partial charge in [0, 0.05) is 0 Å². The molecule has 0 unspecified atom stereocenters. The van der Waals surface area contributed by atoms with E-state index in [1.54, 1.807) is 6.07 Å². The van der Waals surface area contributed by atoms with E-state index in [1.807, 2.05) is 43.3 Å². The predicted octanol–water partition coefficient (Wildman–Crippen LogP) is 3.30. The van der Waals surface area contributed by atoms with Crippen LogP contribution in [0.4, 0.5) is 5.69 Å². The summed E-state index contributed by atoms with van der Waals surface area (Å²) in [6.45, 7) is 2.31. The summed E-state index contributed by atoms with van der Waals surface area (Å²) in [6, 6.07) is 13.3. The molecule has 0 aliphatic carbocycles. The van der Waals surface area contributed by atoms with Crippen LogP contribution in [-0.2, 0) is 6.61 Å². The zero-order chi connectivity index (χ0) is 13.2. The van der Waals surface area contributed by atoms with E-state index in [2.05, 4.69) is 4.98 Å². The molecule has 4 heteroatoms. The number of hydrogen-bond donors (Lipinski definition) is 1. The van der Waals surface area contributed by atoms with Gasteiger partial charge in [-0.3, -0.25) is 0 Å². The number of benzene rings is 2. The van der Waals surface area contributed by atoms with Crippen molar-refractivity contribution >= 4 is 16.8 Å². The van der Waals surface area contributed by atoms with E-state index in [4.69, 9.17) is 14.9 Å². The van der Waals surface area contributed by atoms with E-state index in [9.17, 15) is 0 Å². The summed E-state index contributed by atoms with van der Waals surface area (Å²) in [5.41, 5.74) is 8.97. The second-order valence-electron chi connectivity index (χ2n) is 4.41. The Hall–Kier alpha value is -2.49. The third-order valence-electron chi connectivity index (χ3n) is 2.85. The molecule has 0 aliphatic rings. The molecule has 3 rings (SSSR count). The first-order valence-corrected chi connectivity index (χ1v) is 6.06. The molecule has 0 saturated heterocycles. The molecule has 0 aliphatic heterocycles. The van der Waals surface area contributed by atoms with Crippen molar-refractivity contribution in [3.63, 3.8) is 0 Å². The number of hydrogen-bond acceptors (Lipinski definition) is 4. The van der Waals surface area contributed by atoms with Gasteiger partial charge < -0.3 is 14.9 Å². The van der Waals surface area contributed by atoms with Gasteiger partial charge in [-0.05, 0) is 36.8 Å². The minimum Gasteiger partial charge on any atom is -0.484 e. The van der Waals surface area contributed by atoms with Gasteiger partial charge in [0.15, 0.2) is 12.2 Å². The maximum atomic E-state index is 5.83. The van der Waals surface area contributed by atoms with Gasteiger partial charge in [0.05, 0.1) is 5.69 Å². The van der Waals surface area contributed by atoms with Gasteiger partial charge in [-0.25, -0.2) is 4.98 Å². The molecule has 0 saturated carbocycles. The molecular weight excluding hydrogens is 240 g/mol. The molecule has 0 radical (unpaired) electrons. The molecule has 96 valence electrons. The summed E-state index contributed by atoms with van der Waals surface area (Å²) >= 11 is 0. The van der Waals surface area contributed by atoms with Gasteiger partial charge in [0.2, 0.25) is 5.89 Å². The first-order chi connectivity index (χ1) is 9.22. The molecule has 1 heterocycles. The molecule has 0 atom stereocenters. The van der Waals surface area contributed by atoms with Crippen LogP contribution in [0.25, 0.3) is 11.1 Å². The van der Waals surface area contributed by atoms with E-state index in [1.165, 1.54) is 0 Å². The Morgan fingerprint density at radius 1 is 1.21 bits per heavy atom. The first kappa shape index (κ1) is 11.6. The normalized spacial score (nSPS) is 10.8. The zero-order valence-electron chi connectivity index (χ0n) is 10.6. The van der Waals surface area contributed by atoms with Crippen LogP contribution in [0.5, 0.6) is 5.75 Å². The monoisotopic (exact) mass is 254 g/mol. The minimum absolute atomic E-state index is 0.289. The summed E-state index contributed by atoms with van der Waals surface area (Å²) < 4.78 is 11.2. The molecule has 0 fully saturated rings. The lowest BCUT2D eigenvalue weighted by molar-refractivity contribution is 0.267. The fraction of sp³-hybridized carbons (Fsp3) is 0.133. The van der Waals surface area contributed by atoms with Crippen molar-refractivity contribution in [2.75, 3.05) is 5.73 Å². The second kappa shape index (κ2) is 4.65. The molecule has 19 heavy (non-hydrogen) atoms. The highest BCUT2D eigenvalue weighted by molar-refractivity contribution is 5.85. The molecule has 1 aromatic heterocycles. The minimum atomic E-state index is 0.289. The van der Waals surface area contributed by atoms with Gasteiger partial charge in [0.1, 0.15) is 11.3 Å². The van der Waals surface area contributed by atoms with Gasteiger partial charge in [-0.15, -0.1) is 0 Å². The molecule has 0 bridgehead atoms. The van der Waals surface area contributed by atoms with Crippen LogP contribution >= 0.6 is 0 Å². The van der Waals surface area contributed by atoms with Gasteiger partial charge >= 0.3 is 0 Å². The van der Waals surface area contributed by atoms with Crippen molar-refractivity contribution in [2.45, 2.75) is 13.5 Å². The third-order valence-corrected chi connectivity index (χ3v) is 2.85. The molecular formula is C15H14N2O2. The number of anilines is 1. The van der Waals surface area contributed by atoms with Crippen molar-refractivity contribution in [2.24, 2.45) is 0 Å². The maximum absolute atomic E-state index is 5.83. The number of aryl methyl sites for hydroxylation is 1. The van der Waals surface area contributed by atoms with Gasteiger partial charge in [-0.2, -0.15) is 0 Å². The lowest BCUT2D eigenvalue weighted by atomic mass is 10.2. The topological polar surface area (TPSA) is 61.3 Å². The number of rotatable bonds is 3. The number of nitrogens with zero attached hydrogens (tertiary/aromatic N) is 1. The van der Waals surface area contributed by atoms with Crippen LogP contribution in [0.2, 0.25) is 0 Å². The Bertz CT molecular complexity index is 719. The smallest absolute Gasteiger partial charge is 0.233 e. The molecule has 0 spiro atoms. The van der Waals surface area contributed by atoms with E-state index in [-0.39, 0.29) is 6.61 Å². The van der Waals surface area contributed by atoms with Crippen molar-refractivity contribution in [3.8, 4) is 5.75 Å². The Labute approximate surface area is 110 Å². The third kappa shape index (κ3) is 2.38. The predicted molar refractivity (Wildman–Crippen MR) is 73.9 cm³/mol. The van der Waals surface area contributed by atoms with E-state index < -0.39 is 0 Å². The fourth-order valence-electron chi connectivity index (χ4n) is 1.93. The lowest BCUT2D eigenvalue weighted by Gasteiger charge is -2.03. The summed E-state index contributed by atoms with van der Waals surface area (Å²) in [6.07, 6.45) is 0. The molecule has 0 amide bonds. The van der Waals surface area contributed by atoms with Crippen LogP contribution in [0.15, 0.2) is 46.9 Å². The Morgan fingerprint density at radius 3 is 2.84 bits per heavy atom. The van der Waals surface area contributed by atoms with Crippen molar-refractivity contribution < 1.29 is 9.15 Å². The second-order valence-corrected chi connectivity index (χ2v) is 4.41. The highest BCUT2D eigenvalue weighted by atomic mass is 16.5. The summed E-state index contributed by atoms with van der Waals surface area (Å²) in [5.74, 6) is 1.32. The van der Waals surface area contributed by atoms with E-state index in [0.717, 1.165) is 11.3 Å². The zero-order valence-corrected chi connectivity index (χ0v) is 10.6. The SMILES string of the molecule is Cc1cccc(OCc2nc3c(N)cccc3o2)c1. The first-order valence-electron chi connectivity index (χ1n) is 6.06. The van der Waals surface area contributed by atoms with Crippen molar-refractivity contribution in [1.29, 1.82) is 0 Å². The van der Waals surface area contributed by atoms with Crippen LogP contribution in [0.1, 0.15) is 11.5 Å². The standard InChI is InChI=1S/C15H14N2O2/c1-10-4-2-5-11(8-10)18-9-14-17-15-12(16)6-3-7-13(15)19-14/h2-8H,9,16H2,1H3. The largest absolute Gasteiger partial charge is 0.484 e.